The molecule has 2 fully saturated rings. The smallest absolute Gasteiger partial charge is 0.410 e. The predicted octanol–water partition coefficient (Wildman–Crippen LogP) is 1.99. The molecule has 0 bridgehead atoms. The Labute approximate surface area is 114 Å². The zero-order valence-corrected chi connectivity index (χ0v) is 12.0. The lowest BCUT2D eigenvalue weighted by Gasteiger charge is -2.34. The van der Waals surface area contributed by atoms with E-state index in [0.717, 1.165) is 12.8 Å². The van der Waals surface area contributed by atoms with Gasteiger partial charge in [-0.25, -0.2) is 4.79 Å². The number of rotatable bonds is 1. The second kappa shape index (κ2) is 5.49. The van der Waals surface area contributed by atoms with Crippen molar-refractivity contribution in [3.63, 3.8) is 0 Å². The Bertz CT molecular complexity index is 361. The van der Waals surface area contributed by atoms with Gasteiger partial charge in [0, 0.05) is 19.0 Å². The highest BCUT2D eigenvalue weighted by Crippen LogP contribution is 2.29. The standard InChI is InChI=1S/C14H23NO4/c1-14(2,3)19-13(17)15-7-4-5-11(15)10-9-18-8-6-12(10)16/h10-11H,4-9H2,1-3H3/t10-,11-/m1/s1. The quantitative estimate of drug-likeness (QED) is 0.730. The maximum absolute atomic E-state index is 12.2. The van der Waals surface area contributed by atoms with Crippen molar-refractivity contribution in [2.24, 2.45) is 5.92 Å². The molecule has 5 nitrogen and oxygen atoms in total. The first-order valence-corrected chi connectivity index (χ1v) is 6.98. The molecule has 2 atom stereocenters. The Morgan fingerprint density at radius 2 is 2.16 bits per heavy atom. The van der Waals surface area contributed by atoms with E-state index >= 15 is 0 Å². The van der Waals surface area contributed by atoms with E-state index in [-0.39, 0.29) is 23.8 Å². The summed E-state index contributed by atoms with van der Waals surface area (Å²) in [5, 5.41) is 0. The Morgan fingerprint density at radius 3 is 2.79 bits per heavy atom. The van der Waals surface area contributed by atoms with E-state index in [4.69, 9.17) is 9.47 Å². The zero-order valence-electron chi connectivity index (χ0n) is 12.0. The average molecular weight is 269 g/mol. The van der Waals surface area contributed by atoms with Gasteiger partial charge in [0.2, 0.25) is 0 Å². The summed E-state index contributed by atoms with van der Waals surface area (Å²) in [5.41, 5.74) is -0.503. The molecule has 2 aliphatic heterocycles. The molecule has 0 unspecified atom stereocenters. The van der Waals surface area contributed by atoms with Crippen LogP contribution in [0.3, 0.4) is 0 Å². The fourth-order valence-corrected chi connectivity index (χ4v) is 2.75. The molecule has 2 heterocycles. The predicted molar refractivity (Wildman–Crippen MR) is 69.9 cm³/mol. The highest BCUT2D eigenvalue weighted by atomic mass is 16.6. The molecule has 19 heavy (non-hydrogen) atoms. The van der Waals surface area contributed by atoms with Crippen LogP contribution in [0.2, 0.25) is 0 Å². The lowest BCUT2D eigenvalue weighted by atomic mass is 9.91. The fourth-order valence-electron chi connectivity index (χ4n) is 2.75. The summed E-state index contributed by atoms with van der Waals surface area (Å²) in [7, 11) is 0. The Morgan fingerprint density at radius 1 is 1.42 bits per heavy atom. The minimum absolute atomic E-state index is 0.0531. The van der Waals surface area contributed by atoms with Crippen molar-refractivity contribution in [2.45, 2.75) is 51.7 Å². The van der Waals surface area contributed by atoms with Crippen LogP contribution >= 0.6 is 0 Å². The summed E-state index contributed by atoms with van der Waals surface area (Å²) < 4.78 is 10.8. The topological polar surface area (TPSA) is 55.8 Å². The third-order valence-corrected chi connectivity index (χ3v) is 3.60. The van der Waals surface area contributed by atoms with Crippen LogP contribution in [0, 0.1) is 5.92 Å². The maximum Gasteiger partial charge on any atom is 0.410 e. The average Bonchev–Trinajstić information content (AvgIpc) is 2.76. The number of hydrogen-bond acceptors (Lipinski definition) is 4. The zero-order chi connectivity index (χ0) is 14.0. The van der Waals surface area contributed by atoms with E-state index in [1.165, 1.54) is 0 Å². The van der Waals surface area contributed by atoms with Gasteiger partial charge < -0.3 is 14.4 Å². The molecule has 2 rings (SSSR count). The molecule has 5 heteroatoms. The summed E-state index contributed by atoms with van der Waals surface area (Å²) in [5.74, 6) is 0.0375. The molecule has 0 aromatic rings. The molecular weight excluding hydrogens is 246 g/mol. The number of amides is 1. The third kappa shape index (κ3) is 3.47. The molecule has 0 spiro atoms. The van der Waals surface area contributed by atoms with Crippen LogP contribution in [0.25, 0.3) is 0 Å². The fraction of sp³-hybridized carbons (Fsp3) is 0.857. The van der Waals surface area contributed by atoms with E-state index in [1.54, 1.807) is 4.90 Å². The minimum Gasteiger partial charge on any atom is -0.444 e. The van der Waals surface area contributed by atoms with E-state index in [9.17, 15) is 9.59 Å². The van der Waals surface area contributed by atoms with Crippen LogP contribution in [0.15, 0.2) is 0 Å². The van der Waals surface area contributed by atoms with Gasteiger partial charge in [0.1, 0.15) is 11.4 Å². The van der Waals surface area contributed by atoms with E-state index in [1.807, 2.05) is 20.8 Å². The molecule has 0 radical (unpaired) electrons. The minimum atomic E-state index is -0.503. The first-order valence-electron chi connectivity index (χ1n) is 6.98. The highest BCUT2D eigenvalue weighted by Gasteiger charge is 2.40. The molecule has 0 N–H and O–H groups in total. The number of likely N-dealkylation sites (tertiary alicyclic amines) is 1. The van der Waals surface area contributed by atoms with Crippen molar-refractivity contribution in [1.29, 1.82) is 0 Å². The van der Waals surface area contributed by atoms with Crippen molar-refractivity contribution in [2.75, 3.05) is 19.8 Å². The second-order valence-corrected chi connectivity index (χ2v) is 6.28. The van der Waals surface area contributed by atoms with Gasteiger partial charge in [0.05, 0.1) is 19.1 Å². The number of nitrogens with zero attached hydrogens (tertiary/aromatic N) is 1. The summed E-state index contributed by atoms with van der Waals surface area (Å²) in [6.07, 6.45) is 1.93. The van der Waals surface area contributed by atoms with E-state index in [0.29, 0.717) is 26.2 Å². The largest absolute Gasteiger partial charge is 0.444 e. The normalized spacial score (nSPS) is 28.6. The molecule has 0 saturated carbocycles. The van der Waals surface area contributed by atoms with Crippen LogP contribution in [0.4, 0.5) is 4.79 Å². The van der Waals surface area contributed by atoms with E-state index in [2.05, 4.69) is 0 Å². The number of ketones is 1. The van der Waals surface area contributed by atoms with Gasteiger partial charge in [0.25, 0.3) is 0 Å². The number of Topliss-reactive ketones (excluding diaryl/α,β-unsaturated/α-hetero) is 1. The molecule has 108 valence electrons. The first-order chi connectivity index (χ1) is 8.88. The molecule has 0 aliphatic carbocycles. The summed E-state index contributed by atoms with van der Waals surface area (Å²) in [4.78, 5) is 25.9. The third-order valence-electron chi connectivity index (χ3n) is 3.60. The van der Waals surface area contributed by atoms with Gasteiger partial charge in [-0.05, 0) is 33.6 Å². The lowest BCUT2D eigenvalue weighted by Crippen LogP contribution is -2.47. The molecular formula is C14H23NO4. The van der Waals surface area contributed by atoms with Gasteiger partial charge in [-0.1, -0.05) is 0 Å². The number of carbonyl (C=O) groups excluding carboxylic acids is 2. The molecule has 2 aliphatic rings. The van der Waals surface area contributed by atoms with Gasteiger partial charge in [-0.15, -0.1) is 0 Å². The molecule has 0 aromatic heterocycles. The molecule has 0 aromatic carbocycles. The summed E-state index contributed by atoms with van der Waals surface area (Å²) in [6.45, 7) is 7.17. The molecule has 2 saturated heterocycles. The second-order valence-electron chi connectivity index (χ2n) is 6.28. The van der Waals surface area contributed by atoms with Crippen molar-refractivity contribution in [1.82, 2.24) is 4.90 Å². The van der Waals surface area contributed by atoms with Gasteiger partial charge >= 0.3 is 6.09 Å². The Kier molecular flexibility index (Phi) is 4.13. The van der Waals surface area contributed by atoms with Crippen LogP contribution in [-0.2, 0) is 14.3 Å². The Balaban J connectivity index is 2.04. The van der Waals surface area contributed by atoms with Crippen LogP contribution in [0.5, 0.6) is 0 Å². The summed E-state index contributed by atoms with van der Waals surface area (Å²) in [6, 6.07) is -0.0531. The van der Waals surface area contributed by atoms with Crippen molar-refractivity contribution in [3.8, 4) is 0 Å². The monoisotopic (exact) mass is 269 g/mol. The number of carbonyl (C=O) groups is 2. The summed E-state index contributed by atoms with van der Waals surface area (Å²) >= 11 is 0. The van der Waals surface area contributed by atoms with Crippen molar-refractivity contribution in [3.05, 3.63) is 0 Å². The highest BCUT2D eigenvalue weighted by molar-refractivity contribution is 5.83. The van der Waals surface area contributed by atoms with Gasteiger partial charge in [-0.3, -0.25) is 4.79 Å². The number of ether oxygens (including phenoxy) is 2. The lowest BCUT2D eigenvalue weighted by molar-refractivity contribution is -0.133. The Hall–Kier alpha value is -1.10. The molecule has 1 amide bonds. The van der Waals surface area contributed by atoms with Crippen molar-refractivity contribution >= 4 is 11.9 Å². The van der Waals surface area contributed by atoms with Crippen LogP contribution in [-0.4, -0.2) is 48.2 Å². The first kappa shape index (κ1) is 14.3. The van der Waals surface area contributed by atoms with E-state index < -0.39 is 5.60 Å². The van der Waals surface area contributed by atoms with Crippen LogP contribution in [0.1, 0.15) is 40.0 Å². The number of hydrogen-bond donors (Lipinski definition) is 0. The maximum atomic E-state index is 12.2. The SMILES string of the molecule is CC(C)(C)OC(=O)N1CCC[C@@H]1[C@H]1COCCC1=O. The van der Waals surface area contributed by atoms with Gasteiger partial charge in [-0.2, -0.15) is 0 Å². The van der Waals surface area contributed by atoms with Gasteiger partial charge in [0.15, 0.2) is 0 Å². The van der Waals surface area contributed by atoms with Crippen molar-refractivity contribution < 1.29 is 19.1 Å². The van der Waals surface area contributed by atoms with Crippen LogP contribution < -0.4 is 0 Å².